The Labute approximate surface area is 178 Å². The van der Waals surface area contributed by atoms with Gasteiger partial charge in [0.25, 0.3) is 0 Å². The molecule has 3 rings (SSSR count). The predicted molar refractivity (Wildman–Crippen MR) is 113 cm³/mol. The van der Waals surface area contributed by atoms with Crippen molar-refractivity contribution in [2.75, 3.05) is 11.8 Å². The number of benzene rings is 1. The smallest absolute Gasteiger partial charge is 0.486 e. The first-order chi connectivity index (χ1) is 13.5. The summed E-state index contributed by atoms with van der Waals surface area (Å²) in [6, 6.07) is 7.41. The molecule has 0 spiro atoms. The fraction of sp³-hybridized carbons (Fsp3) is 0.176. The van der Waals surface area contributed by atoms with E-state index in [1.165, 1.54) is 58.8 Å². The molecule has 2 aromatic heterocycles. The zero-order valence-corrected chi connectivity index (χ0v) is 18.2. The number of thiophene rings is 1. The summed E-state index contributed by atoms with van der Waals surface area (Å²) in [6.45, 7) is 1.95. The summed E-state index contributed by atoms with van der Waals surface area (Å²) in [5.74, 6) is 0. The number of aryl methyl sites for hydroxylation is 1. The summed E-state index contributed by atoms with van der Waals surface area (Å²) in [5.41, 5.74) is -3.37. The minimum atomic E-state index is -5.46. The van der Waals surface area contributed by atoms with Crippen molar-refractivity contribution in [3.05, 3.63) is 45.5 Å². The van der Waals surface area contributed by atoms with Crippen molar-refractivity contribution in [3.63, 3.8) is 0 Å². The Morgan fingerprint density at radius 3 is 2.48 bits per heavy atom. The van der Waals surface area contributed by atoms with Gasteiger partial charge in [0, 0.05) is 27.1 Å². The molecule has 1 aromatic carbocycles. The van der Waals surface area contributed by atoms with Crippen LogP contribution in [-0.2, 0) is 14.8 Å². The number of hydrogen-bond acceptors (Lipinski definition) is 7. The Hall–Kier alpha value is -2.02. The maximum absolute atomic E-state index is 12.5. The minimum Gasteiger partial charge on any atom is -0.486 e. The number of ether oxygens (including phenoxy) is 1. The third kappa shape index (κ3) is 4.60. The first-order valence-corrected chi connectivity index (χ1v) is 11.4. The zero-order chi connectivity index (χ0) is 21.4. The molecule has 5 nitrogen and oxygen atoms in total. The lowest BCUT2D eigenvalue weighted by Crippen LogP contribution is -2.29. The number of aromatic nitrogens is 1. The Morgan fingerprint density at radius 2 is 1.90 bits per heavy atom. The molecule has 3 aromatic rings. The van der Waals surface area contributed by atoms with E-state index in [9.17, 15) is 21.6 Å². The van der Waals surface area contributed by atoms with Gasteiger partial charge in [0.2, 0.25) is 5.05 Å². The van der Waals surface area contributed by atoms with Crippen molar-refractivity contribution in [3.8, 4) is 21.8 Å². The lowest BCUT2D eigenvalue weighted by molar-refractivity contribution is -0.0429. The second-order valence-corrected chi connectivity index (χ2v) is 9.90. The van der Waals surface area contributed by atoms with E-state index >= 15 is 0 Å². The number of hydrogen-bond donors (Lipinski definition) is 1. The van der Waals surface area contributed by atoms with Crippen molar-refractivity contribution in [2.45, 2.75) is 12.4 Å². The number of nitrogens with zero attached hydrogens (tertiary/aromatic N) is 1. The molecule has 0 bridgehead atoms. The maximum atomic E-state index is 12.5. The molecule has 0 aliphatic rings. The molecule has 0 aliphatic heterocycles. The maximum Gasteiger partial charge on any atom is 0.516 e. The van der Waals surface area contributed by atoms with Gasteiger partial charge in [0.15, 0.2) is 0 Å². The van der Waals surface area contributed by atoms with E-state index in [1.54, 1.807) is 0 Å². The van der Waals surface area contributed by atoms with Crippen LogP contribution in [0, 0.1) is 6.92 Å². The Balaban J connectivity index is 1.83. The van der Waals surface area contributed by atoms with Gasteiger partial charge in [-0.05, 0) is 37.3 Å². The molecule has 0 unspecified atom stereocenters. The lowest BCUT2D eigenvalue weighted by atomic mass is 10.1. The molecule has 0 atom stereocenters. The topological polar surface area (TPSA) is 68.3 Å². The number of rotatable bonds is 5. The second-order valence-electron chi connectivity index (χ2n) is 5.74. The number of halogens is 3. The van der Waals surface area contributed by atoms with Crippen LogP contribution in [0.3, 0.4) is 0 Å². The number of nitrogens with one attached hydrogen (secondary N) is 1. The molecule has 2 heterocycles. The number of thiocarbonyl (C=S) groups is 1. The Bertz CT molecular complexity index is 1150. The summed E-state index contributed by atoms with van der Waals surface area (Å²) in [4.78, 5) is 6.43. The molecular weight excluding hydrogens is 465 g/mol. The molecule has 0 saturated carbocycles. The number of sulfonamides is 1. The van der Waals surface area contributed by atoms with Crippen molar-refractivity contribution in [1.29, 1.82) is 0 Å². The quantitative estimate of drug-likeness (QED) is 0.495. The highest BCUT2D eigenvalue weighted by Gasteiger charge is 2.46. The average molecular weight is 479 g/mol. The van der Waals surface area contributed by atoms with Gasteiger partial charge in [0.05, 0.1) is 17.7 Å². The molecule has 29 heavy (non-hydrogen) atoms. The minimum absolute atomic E-state index is 0.187. The lowest BCUT2D eigenvalue weighted by Gasteiger charge is -2.10. The van der Waals surface area contributed by atoms with Gasteiger partial charge in [-0.2, -0.15) is 21.6 Å². The van der Waals surface area contributed by atoms with Crippen LogP contribution < -0.4 is 4.72 Å². The molecule has 0 aliphatic carbocycles. The van der Waals surface area contributed by atoms with E-state index < -0.39 is 15.5 Å². The van der Waals surface area contributed by atoms with E-state index in [0.29, 0.717) is 16.3 Å². The summed E-state index contributed by atoms with van der Waals surface area (Å²) in [7, 11) is -3.94. The summed E-state index contributed by atoms with van der Waals surface area (Å²) >= 11 is 8.06. The van der Waals surface area contributed by atoms with Gasteiger partial charge >= 0.3 is 15.5 Å². The largest absolute Gasteiger partial charge is 0.516 e. The van der Waals surface area contributed by atoms with Crippen LogP contribution in [0.5, 0.6) is 0 Å². The monoisotopic (exact) mass is 478 g/mol. The molecule has 0 saturated heterocycles. The van der Waals surface area contributed by atoms with Gasteiger partial charge in [-0.25, -0.2) is 4.98 Å². The van der Waals surface area contributed by atoms with Gasteiger partial charge < -0.3 is 4.74 Å². The van der Waals surface area contributed by atoms with Gasteiger partial charge in [0.1, 0.15) is 5.01 Å². The zero-order valence-electron chi connectivity index (χ0n) is 14.9. The fourth-order valence-corrected chi connectivity index (χ4v) is 5.00. The number of alkyl halides is 3. The highest BCUT2D eigenvalue weighted by atomic mass is 32.2. The van der Waals surface area contributed by atoms with Crippen LogP contribution in [0.1, 0.15) is 9.75 Å². The van der Waals surface area contributed by atoms with Crippen LogP contribution >= 0.6 is 34.9 Å². The standard InChI is InChI=1S/C17H13F3N2O3S4/c1-9-12(7-14(28-9)16(26)25-2)15-21-13(8-27-15)10-3-5-11(6-4-10)22-29(23,24)17(18,19)20/h3-8,22H,1-2H3. The second kappa shape index (κ2) is 8.01. The molecule has 0 fully saturated rings. The number of thiazole rings is 1. The Kier molecular flexibility index (Phi) is 5.99. The molecule has 12 heteroatoms. The molecule has 154 valence electrons. The molecular formula is C17H13F3N2O3S4. The molecule has 1 N–H and O–H groups in total. The molecule has 0 amide bonds. The molecule has 0 radical (unpaired) electrons. The van der Waals surface area contributed by atoms with E-state index in [4.69, 9.17) is 17.0 Å². The van der Waals surface area contributed by atoms with E-state index in [1.807, 2.05) is 18.4 Å². The highest BCUT2D eigenvalue weighted by Crippen LogP contribution is 2.36. The number of methoxy groups -OCH3 is 1. The SMILES string of the molecule is COC(=S)c1cc(-c2nc(-c3ccc(NS(=O)(=O)C(F)(F)F)cc3)cs2)c(C)s1. The van der Waals surface area contributed by atoms with E-state index in [-0.39, 0.29) is 5.69 Å². The first kappa shape index (κ1) is 21.7. The normalized spacial score (nSPS) is 12.0. The van der Waals surface area contributed by atoms with Crippen molar-refractivity contribution < 1.29 is 26.3 Å². The van der Waals surface area contributed by atoms with Crippen molar-refractivity contribution in [2.24, 2.45) is 0 Å². The third-order valence-electron chi connectivity index (χ3n) is 3.78. The van der Waals surface area contributed by atoms with Crippen LogP contribution in [0.25, 0.3) is 21.8 Å². The third-order valence-corrected chi connectivity index (χ3v) is 7.33. The van der Waals surface area contributed by atoms with Gasteiger partial charge in [-0.15, -0.1) is 22.7 Å². The fourth-order valence-electron chi connectivity index (χ4n) is 2.35. The van der Waals surface area contributed by atoms with Crippen LogP contribution in [0.2, 0.25) is 0 Å². The van der Waals surface area contributed by atoms with Crippen LogP contribution in [-0.4, -0.2) is 31.1 Å². The first-order valence-electron chi connectivity index (χ1n) is 7.86. The number of anilines is 1. The van der Waals surface area contributed by atoms with Crippen LogP contribution in [0.15, 0.2) is 35.7 Å². The van der Waals surface area contributed by atoms with Crippen LogP contribution in [0.4, 0.5) is 18.9 Å². The summed E-state index contributed by atoms with van der Waals surface area (Å²) in [6.07, 6.45) is 0. The summed E-state index contributed by atoms with van der Waals surface area (Å²) in [5, 5.41) is 2.98. The Morgan fingerprint density at radius 1 is 1.24 bits per heavy atom. The van der Waals surface area contributed by atoms with Crippen molar-refractivity contribution in [1.82, 2.24) is 4.98 Å². The predicted octanol–water partition coefficient (Wildman–Crippen LogP) is 5.43. The average Bonchev–Trinajstić information content (AvgIpc) is 3.27. The highest BCUT2D eigenvalue weighted by molar-refractivity contribution is 7.93. The van der Waals surface area contributed by atoms with Gasteiger partial charge in [-0.3, -0.25) is 4.72 Å². The van der Waals surface area contributed by atoms with E-state index in [2.05, 4.69) is 4.98 Å². The van der Waals surface area contributed by atoms with Gasteiger partial charge in [-0.1, -0.05) is 12.1 Å². The van der Waals surface area contributed by atoms with E-state index in [0.717, 1.165) is 20.3 Å². The summed E-state index contributed by atoms with van der Waals surface area (Å²) < 4.78 is 66.3. The van der Waals surface area contributed by atoms with Crippen molar-refractivity contribution >= 4 is 55.7 Å².